The van der Waals surface area contributed by atoms with E-state index in [2.05, 4.69) is 35.9 Å². The molecule has 4 nitrogen and oxygen atoms in total. The van der Waals surface area contributed by atoms with E-state index in [4.69, 9.17) is 0 Å². The van der Waals surface area contributed by atoms with E-state index < -0.39 is 11.1 Å². The van der Waals surface area contributed by atoms with Gasteiger partial charge < -0.3 is 9.54 Å². The molecular weight excluding hydrogens is 332 g/mol. The van der Waals surface area contributed by atoms with Crippen molar-refractivity contribution >= 4 is 33.0 Å². The van der Waals surface area contributed by atoms with Gasteiger partial charge in [-0.05, 0) is 66.8 Å². The first-order valence-electron chi connectivity index (χ1n) is 8.05. The minimum Gasteiger partial charge on any atom is -0.339 e. The van der Waals surface area contributed by atoms with Gasteiger partial charge in [-0.25, -0.2) is 9.19 Å². The van der Waals surface area contributed by atoms with Crippen LogP contribution in [0, 0.1) is 20.8 Å². The summed E-state index contributed by atoms with van der Waals surface area (Å²) in [6, 6.07) is 11.5. The van der Waals surface area contributed by atoms with Crippen molar-refractivity contribution in [2.45, 2.75) is 25.7 Å². The number of H-pyrrole nitrogens is 1. The second-order valence-electron chi connectivity index (χ2n) is 6.43. The van der Waals surface area contributed by atoms with Gasteiger partial charge in [0, 0.05) is 17.0 Å². The number of rotatable bonds is 2. The first-order chi connectivity index (χ1) is 12.0. The molecular formula is C20H18N2O2S. The van der Waals surface area contributed by atoms with Crippen molar-refractivity contribution in [3.8, 4) is 11.1 Å². The molecule has 4 rings (SSSR count). The van der Waals surface area contributed by atoms with E-state index in [0.717, 1.165) is 38.6 Å². The smallest absolute Gasteiger partial charge is 0.186 e. The Labute approximate surface area is 148 Å². The first-order valence-corrected chi connectivity index (χ1v) is 9.16. The minimum atomic E-state index is -2.00. The molecule has 0 fully saturated rings. The Bertz CT molecular complexity index is 1160. The number of aromatic amines is 1. The molecule has 1 atom stereocenters. The molecule has 4 aromatic rings. The summed E-state index contributed by atoms with van der Waals surface area (Å²) in [6.07, 6.45) is 1.86. The fraction of sp³-hybridized carbons (Fsp3) is 0.150. The normalized spacial score (nSPS) is 12.8. The Morgan fingerprint density at radius 2 is 1.92 bits per heavy atom. The van der Waals surface area contributed by atoms with Gasteiger partial charge in [-0.3, -0.25) is 0 Å². The third kappa shape index (κ3) is 2.56. The highest BCUT2D eigenvalue weighted by Crippen LogP contribution is 2.37. The van der Waals surface area contributed by atoms with Crippen LogP contribution in [0.15, 0.2) is 47.5 Å². The van der Waals surface area contributed by atoms with E-state index in [-0.39, 0.29) is 0 Å². The topological polar surface area (TPSA) is 66.0 Å². The van der Waals surface area contributed by atoms with Crippen LogP contribution in [0.3, 0.4) is 0 Å². The van der Waals surface area contributed by atoms with Crippen LogP contribution in [0.5, 0.6) is 0 Å². The summed E-state index contributed by atoms with van der Waals surface area (Å²) < 4.78 is 20.9. The van der Waals surface area contributed by atoms with Crippen LogP contribution in [-0.4, -0.2) is 18.7 Å². The van der Waals surface area contributed by atoms with Crippen LogP contribution in [-0.2, 0) is 11.1 Å². The number of benzene rings is 2. The number of nitrogens with zero attached hydrogens (tertiary/aromatic N) is 1. The number of aryl methyl sites for hydroxylation is 3. The Balaban J connectivity index is 2.15. The van der Waals surface area contributed by atoms with Crippen molar-refractivity contribution in [3.63, 3.8) is 0 Å². The SMILES string of the molecule is Cc1cnc2[nH]c3c(C)c(C)cc(-c4cccc(S(=O)O)c4)c3c2c1. The van der Waals surface area contributed by atoms with Gasteiger partial charge >= 0.3 is 0 Å². The lowest BCUT2D eigenvalue weighted by Gasteiger charge is -2.10. The summed E-state index contributed by atoms with van der Waals surface area (Å²) in [7, 11) is 0. The van der Waals surface area contributed by atoms with Crippen molar-refractivity contribution < 1.29 is 8.76 Å². The number of fused-ring (bicyclic) bond motifs is 3. The molecule has 1 unspecified atom stereocenters. The van der Waals surface area contributed by atoms with Crippen LogP contribution in [0.25, 0.3) is 33.1 Å². The summed E-state index contributed by atoms with van der Waals surface area (Å²) in [6.45, 7) is 6.21. The minimum absolute atomic E-state index is 0.401. The van der Waals surface area contributed by atoms with Gasteiger partial charge in [-0.1, -0.05) is 18.2 Å². The van der Waals surface area contributed by atoms with Crippen LogP contribution in [0.2, 0.25) is 0 Å². The first kappa shape index (κ1) is 16.0. The molecule has 0 aliphatic heterocycles. The number of aromatic nitrogens is 2. The largest absolute Gasteiger partial charge is 0.339 e. The summed E-state index contributed by atoms with van der Waals surface area (Å²) in [5.41, 5.74) is 7.36. The van der Waals surface area contributed by atoms with E-state index in [1.54, 1.807) is 12.1 Å². The summed E-state index contributed by atoms with van der Waals surface area (Å²) >= 11 is -2.00. The molecule has 2 N–H and O–H groups in total. The molecule has 2 heterocycles. The lowest BCUT2D eigenvalue weighted by molar-refractivity contribution is 0.564. The molecule has 0 aliphatic carbocycles. The van der Waals surface area contributed by atoms with Gasteiger partial charge in [-0.2, -0.15) is 0 Å². The zero-order valence-electron chi connectivity index (χ0n) is 14.3. The van der Waals surface area contributed by atoms with Crippen molar-refractivity contribution in [1.29, 1.82) is 0 Å². The van der Waals surface area contributed by atoms with Crippen molar-refractivity contribution in [2.24, 2.45) is 0 Å². The Morgan fingerprint density at radius 3 is 2.68 bits per heavy atom. The second-order valence-corrected chi connectivity index (χ2v) is 7.40. The van der Waals surface area contributed by atoms with Gasteiger partial charge in [-0.15, -0.1) is 0 Å². The van der Waals surface area contributed by atoms with Gasteiger partial charge in [0.1, 0.15) is 5.65 Å². The number of nitrogens with one attached hydrogen (secondary N) is 1. The monoisotopic (exact) mass is 350 g/mol. The maximum Gasteiger partial charge on any atom is 0.186 e. The average Bonchev–Trinajstić information content (AvgIpc) is 2.97. The molecule has 2 aromatic carbocycles. The molecule has 5 heteroatoms. The van der Waals surface area contributed by atoms with Gasteiger partial charge in [0.25, 0.3) is 0 Å². The van der Waals surface area contributed by atoms with Gasteiger partial charge in [0.15, 0.2) is 11.1 Å². The van der Waals surface area contributed by atoms with Crippen LogP contribution >= 0.6 is 0 Å². The Hall–Kier alpha value is -2.50. The highest BCUT2D eigenvalue weighted by atomic mass is 32.2. The predicted molar refractivity (Wildman–Crippen MR) is 102 cm³/mol. The third-order valence-corrected chi connectivity index (χ3v) is 5.39. The quantitative estimate of drug-likeness (QED) is 0.506. The van der Waals surface area contributed by atoms with E-state index in [1.807, 2.05) is 25.3 Å². The Morgan fingerprint density at radius 1 is 1.12 bits per heavy atom. The van der Waals surface area contributed by atoms with Crippen molar-refractivity contribution in [3.05, 3.63) is 59.3 Å². The fourth-order valence-corrected chi connectivity index (χ4v) is 3.75. The molecule has 25 heavy (non-hydrogen) atoms. The number of hydrogen-bond acceptors (Lipinski definition) is 2. The van der Waals surface area contributed by atoms with Gasteiger partial charge in [0.05, 0.1) is 10.4 Å². The van der Waals surface area contributed by atoms with Crippen molar-refractivity contribution in [1.82, 2.24) is 9.97 Å². The second kappa shape index (κ2) is 5.79. The summed E-state index contributed by atoms with van der Waals surface area (Å²) in [5.74, 6) is 0. The zero-order valence-corrected chi connectivity index (χ0v) is 15.1. The fourth-order valence-electron chi connectivity index (χ4n) is 3.33. The van der Waals surface area contributed by atoms with Crippen LogP contribution < -0.4 is 0 Å². The molecule has 126 valence electrons. The number of pyridine rings is 1. The number of hydrogen-bond donors (Lipinski definition) is 2. The van der Waals surface area contributed by atoms with Crippen LogP contribution in [0.4, 0.5) is 0 Å². The summed E-state index contributed by atoms with van der Waals surface area (Å²) in [4.78, 5) is 8.37. The molecule has 0 aliphatic rings. The standard InChI is InChI=1S/C20H18N2O2S/c1-11-7-17-18-16(14-5-4-6-15(9-14)25(23)24)8-12(2)13(3)19(18)22-20(17)21-10-11/h4-10H,1-3H3,(H,21,22)(H,23,24). The van der Waals surface area contributed by atoms with Gasteiger partial charge in [0.2, 0.25) is 0 Å². The van der Waals surface area contributed by atoms with E-state index in [9.17, 15) is 8.76 Å². The highest BCUT2D eigenvalue weighted by molar-refractivity contribution is 7.79. The van der Waals surface area contributed by atoms with Crippen LogP contribution in [0.1, 0.15) is 16.7 Å². The molecule has 0 bridgehead atoms. The lowest BCUT2D eigenvalue weighted by atomic mass is 9.94. The maximum atomic E-state index is 11.5. The maximum absolute atomic E-state index is 11.5. The third-order valence-electron chi connectivity index (χ3n) is 4.73. The Kier molecular flexibility index (Phi) is 3.71. The van der Waals surface area contributed by atoms with E-state index >= 15 is 0 Å². The molecule has 0 spiro atoms. The van der Waals surface area contributed by atoms with E-state index in [1.165, 1.54) is 11.1 Å². The highest BCUT2D eigenvalue weighted by Gasteiger charge is 2.16. The average molecular weight is 350 g/mol. The molecule has 0 saturated heterocycles. The molecule has 0 saturated carbocycles. The molecule has 0 amide bonds. The van der Waals surface area contributed by atoms with E-state index in [0.29, 0.717) is 4.90 Å². The predicted octanol–water partition coefficient (Wildman–Crippen LogP) is 4.89. The molecule has 2 aromatic heterocycles. The van der Waals surface area contributed by atoms with Crippen molar-refractivity contribution in [2.75, 3.05) is 0 Å². The lowest BCUT2D eigenvalue weighted by Crippen LogP contribution is -1.91. The zero-order chi connectivity index (χ0) is 17.7. The summed E-state index contributed by atoms with van der Waals surface area (Å²) in [5, 5.41) is 2.18. The molecule has 0 radical (unpaired) electrons.